The van der Waals surface area contributed by atoms with E-state index < -0.39 is 5.91 Å². The van der Waals surface area contributed by atoms with E-state index in [4.69, 9.17) is 5.73 Å². The van der Waals surface area contributed by atoms with Crippen LogP contribution in [0.4, 0.5) is 5.69 Å². The number of primary amides is 1. The van der Waals surface area contributed by atoms with Crippen LogP contribution in [0.2, 0.25) is 0 Å². The zero-order chi connectivity index (χ0) is 18.8. The van der Waals surface area contributed by atoms with Crippen LogP contribution >= 0.6 is 11.3 Å². The zero-order valence-corrected chi connectivity index (χ0v) is 15.2. The van der Waals surface area contributed by atoms with E-state index in [-0.39, 0.29) is 5.91 Å². The number of nitrogens with one attached hydrogen (secondary N) is 1. The third-order valence-corrected chi connectivity index (χ3v) is 5.22. The summed E-state index contributed by atoms with van der Waals surface area (Å²) in [6, 6.07) is 20.5. The molecule has 0 aliphatic rings. The molecule has 6 heteroatoms. The van der Waals surface area contributed by atoms with Crippen molar-refractivity contribution in [1.82, 2.24) is 4.57 Å². The Kier molecular flexibility index (Phi) is 4.48. The molecule has 2 heterocycles. The summed E-state index contributed by atoms with van der Waals surface area (Å²) in [6.07, 6.45) is 0. The molecule has 0 bridgehead atoms. The van der Waals surface area contributed by atoms with Crippen LogP contribution in [0.15, 0.2) is 72.1 Å². The number of nitrogens with zero attached hydrogens (tertiary/aromatic N) is 1. The van der Waals surface area contributed by atoms with E-state index in [0.717, 1.165) is 15.8 Å². The highest BCUT2D eigenvalue weighted by atomic mass is 32.1. The average molecular weight is 375 g/mol. The number of carbonyl (C=O) groups is 2. The minimum atomic E-state index is -0.496. The molecule has 4 rings (SSSR count). The average Bonchev–Trinajstić information content (AvgIpc) is 3.26. The summed E-state index contributed by atoms with van der Waals surface area (Å²) in [7, 11) is 0. The maximum atomic E-state index is 12.9. The van der Waals surface area contributed by atoms with Crippen molar-refractivity contribution < 1.29 is 9.59 Å². The van der Waals surface area contributed by atoms with Gasteiger partial charge in [-0.3, -0.25) is 9.59 Å². The van der Waals surface area contributed by atoms with Crippen molar-refractivity contribution in [1.29, 1.82) is 0 Å². The van der Waals surface area contributed by atoms with Gasteiger partial charge in [-0.15, -0.1) is 11.3 Å². The number of fused-ring (bicyclic) bond motifs is 1. The van der Waals surface area contributed by atoms with Gasteiger partial charge in [0.25, 0.3) is 5.91 Å². The number of amides is 2. The minimum absolute atomic E-state index is 0.193. The lowest BCUT2D eigenvalue weighted by Gasteiger charge is -2.11. The Bertz CT molecular complexity index is 1110. The summed E-state index contributed by atoms with van der Waals surface area (Å²) in [6.45, 7) is 0.616. The van der Waals surface area contributed by atoms with Crippen LogP contribution in [0, 0.1) is 0 Å². The first-order chi connectivity index (χ1) is 13.1. The largest absolute Gasteiger partial charge is 0.366 e. The van der Waals surface area contributed by atoms with Crippen molar-refractivity contribution in [2.24, 2.45) is 5.73 Å². The van der Waals surface area contributed by atoms with E-state index in [1.54, 1.807) is 35.6 Å². The third kappa shape index (κ3) is 3.47. The van der Waals surface area contributed by atoms with Gasteiger partial charge < -0.3 is 15.6 Å². The summed E-state index contributed by atoms with van der Waals surface area (Å²) >= 11 is 1.61. The van der Waals surface area contributed by atoms with Gasteiger partial charge in [0, 0.05) is 17.8 Å². The second-order valence-corrected chi connectivity index (χ2v) is 7.11. The van der Waals surface area contributed by atoms with Crippen molar-refractivity contribution >= 4 is 39.1 Å². The van der Waals surface area contributed by atoms with Crippen LogP contribution in [0.3, 0.4) is 0 Å². The predicted molar refractivity (Wildman–Crippen MR) is 108 cm³/mol. The maximum Gasteiger partial charge on any atom is 0.272 e. The molecular formula is C21H17N3O2S. The molecular weight excluding hydrogens is 358 g/mol. The number of benzene rings is 2. The molecule has 0 radical (unpaired) electrons. The summed E-state index contributed by atoms with van der Waals surface area (Å²) in [5, 5.41) is 4.92. The van der Waals surface area contributed by atoms with Crippen molar-refractivity contribution in [2.75, 3.05) is 5.32 Å². The standard InChI is InChI=1S/C21H17N3O2S/c22-20(25)15-6-8-16(9-7-15)23-21(26)18-12-19-17(10-11-27-19)24(18)13-14-4-2-1-3-5-14/h1-12H,13H2,(H2,22,25)(H,23,26). The fourth-order valence-corrected chi connectivity index (χ4v) is 3.84. The smallest absolute Gasteiger partial charge is 0.272 e. The number of hydrogen-bond acceptors (Lipinski definition) is 3. The molecule has 0 spiro atoms. The van der Waals surface area contributed by atoms with Crippen molar-refractivity contribution in [2.45, 2.75) is 6.54 Å². The summed E-state index contributed by atoms with van der Waals surface area (Å²) in [4.78, 5) is 24.1. The van der Waals surface area contributed by atoms with Gasteiger partial charge >= 0.3 is 0 Å². The SMILES string of the molecule is NC(=O)c1ccc(NC(=O)c2cc3sccc3n2Cc2ccccc2)cc1. The highest BCUT2D eigenvalue weighted by Crippen LogP contribution is 2.27. The van der Waals surface area contributed by atoms with E-state index in [1.165, 1.54) is 0 Å². The van der Waals surface area contributed by atoms with Crippen LogP contribution < -0.4 is 11.1 Å². The highest BCUT2D eigenvalue weighted by Gasteiger charge is 2.17. The van der Waals surface area contributed by atoms with Gasteiger partial charge in [-0.25, -0.2) is 0 Å². The number of anilines is 1. The number of carbonyl (C=O) groups excluding carboxylic acids is 2. The summed E-state index contributed by atoms with van der Waals surface area (Å²) < 4.78 is 3.09. The molecule has 0 aliphatic heterocycles. The fourth-order valence-electron chi connectivity index (χ4n) is 3.01. The maximum absolute atomic E-state index is 12.9. The lowest BCUT2D eigenvalue weighted by atomic mass is 10.2. The molecule has 134 valence electrons. The van der Waals surface area contributed by atoms with E-state index in [0.29, 0.717) is 23.5 Å². The fraction of sp³-hybridized carbons (Fsp3) is 0.0476. The Morgan fingerprint density at radius 2 is 1.74 bits per heavy atom. The molecule has 0 aliphatic carbocycles. The van der Waals surface area contributed by atoms with Gasteiger partial charge in [0.05, 0.1) is 10.2 Å². The molecule has 3 N–H and O–H groups in total. The van der Waals surface area contributed by atoms with Gasteiger partial charge in [-0.1, -0.05) is 30.3 Å². The quantitative estimate of drug-likeness (QED) is 0.551. The second kappa shape index (κ2) is 7.09. The second-order valence-electron chi connectivity index (χ2n) is 6.17. The molecule has 2 aromatic heterocycles. The predicted octanol–water partition coefficient (Wildman–Crippen LogP) is 4.10. The Balaban J connectivity index is 1.64. The molecule has 0 saturated heterocycles. The van der Waals surface area contributed by atoms with Gasteiger partial charge in [0.2, 0.25) is 5.91 Å². The first-order valence-corrected chi connectivity index (χ1v) is 9.31. The molecule has 4 aromatic rings. The van der Waals surface area contributed by atoms with Gasteiger partial charge in [0.1, 0.15) is 5.69 Å². The summed E-state index contributed by atoms with van der Waals surface area (Å²) in [5.41, 5.74) is 9.03. The van der Waals surface area contributed by atoms with Crippen molar-refractivity contribution in [3.05, 3.63) is 88.9 Å². The van der Waals surface area contributed by atoms with Crippen LogP contribution in [-0.4, -0.2) is 16.4 Å². The lowest BCUT2D eigenvalue weighted by molar-refractivity contribution is 0.0997. The van der Waals surface area contributed by atoms with E-state index in [2.05, 4.69) is 5.32 Å². The number of aromatic nitrogens is 1. The molecule has 5 nitrogen and oxygen atoms in total. The van der Waals surface area contributed by atoms with Gasteiger partial charge in [-0.05, 0) is 47.3 Å². The van der Waals surface area contributed by atoms with E-state index in [1.807, 2.05) is 52.4 Å². The van der Waals surface area contributed by atoms with E-state index in [9.17, 15) is 9.59 Å². The van der Waals surface area contributed by atoms with E-state index >= 15 is 0 Å². The monoisotopic (exact) mass is 375 g/mol. The van der Waals surface area contributed by atoms with Crippen molar-refractivity contribution in [3.63, 3.8) is 0 Å². The first-order valence-electron chi connectivity index (χ1n) is 8.44. The summed E-state index contributed by atoms with van der Waals surface area (Å²) in [5.74, 6) is -0.689. The molecule has 0 fully saturated rings. The molecule has 0 unspecified atom stereocenters. The zero-order valence-electron chi connectivity index (χ0n) is 14.4. The van der Waals surface area contributed by atoms with Gasteiger partial charge in [-0.2, -0.15) is 0 Å². The number of thiophene rings is 1. The van der Waals surface area contributed by atoms with Crippen LogP contribution in [0.1, 0.15) is 26.4 Å². The molecule has 2 aromatic carbocycles. The topological polar surface area (TPSA) is 77.1 Å². The molecule has 0 atom stereocenters. The molecule has 0 saturated carbocycles. The van der Waals surface area contributed by atoms with Crippen LogP contribution in [0.5, 0.6) is 0 Å². The Morgan fingerprint density at radius 3 is 2.44 bits per heavy atom. The highest BCUT2D eigenvalue weighted by molar-refractivity contribution is 7.17. The number of hydrogen-bond donors (Lipinski definition) is 2. The Hall–Kier alpha value is -3.38. The van der Waals surface area contributed by atoms with Crippen molar-refractivity contribution in [3.8, 4) is 0 Å². The Morgan fingerprint density at radius 1 is 1.00 bits per heavy atom. The number of rotatable bonds is 5. The molecule has 2 amide bonds. The lowest BCUT2D eigenvalue weighted by Crippen LogP contribution is -2.17. The molecule has 27 heavy (non-hydrogen) atoms. The normalized spacial score (nSPS) is 10.8. The third-order valence-electron chi connectivity index (χ3n) is 4.37. The minimum Gasteiger partial charge on any atom is -0.366 e. The number of nitrogens with two attached hydrogens (primary N) is 1. The van der Waals surface area contributed by atoms with Crippen LogP contribution in [0.25, 0.3) is 10.2 Å². The Labute approximate surface area is 160 Å². The van der Waals surface area contributed by atoms with Crippen LogP contribution in [-0.2, 0) is 6.54 Å². The first kappa shape index (κ1) is 17.1. The van der Waals surface area contributed by atoms with Gasteiger partial charge in [0.15, 0.2) is 0 Å².